The van der Waals surface area contributed by atoms with Gasteiger partial charge in [0.05, 0.1) is 0 Å². The van der Waals surface area contributed by atoms with E-state index in [0.717, 1.165) is 12.8 Å². The van der Waals surface area contributed by atoms with Crippen LogP contribution in [0.5, 0.6) is 0 Å². The minimum absolute atomic E-state index is 0. The molecule has 5 N–H and O–H groups in total. The first-order valence-electron chi connectivity index (χ1n) is 11.7. The summed E-state index contributed by atoms with van der Waals surface area (Å²) in [5.41, 5.74) is 11.7. The molecule has 0 fully saturated rings. The Kier molecular flexibility index (Phi) is 41.6. The first-order valence-corrected chi connectivity index (χ1v) is 11.7. The average molecular weight is 677 g/mol. The lowest BCUT2D eigenvalue weighted by Crippen LogP contribution is -2.41. The molecule has 45 heavy (non-hydrogen) atoms. The highest BCUT2D eigenvalue weighted by atomic mass is 35.5. The van der Waals surface area contributed by atoms with Crippen molar-refractivity contribution in [3.05, 3.63) is 0 Å². The molecule has 0 heterocycles. The van der Waals surface area contributed by atoms with Gasteiger partial charge in [0.2, 0.25) is 0 Å². The Bertz CT molecular complexity index is 1590. The van der Waals surface area contributed by atoms with Crippen molar-refractivity contribution < 1.29 is 0 Å². The fourth-order valence-electron chi connectivity index (χ4n) is 2.09. The molecule has 11 heteroatoms. The van der Waals surface area contributed by atoms with Crippen molar-refractivity contribution in [3.63, 3.8) is 0 Å². The highest BCUT2D eigenvalue weighted by Crippen LogP contribution is 1.88. The summed E-state index contributed by atoms with van der Waals surface area (Å²) in [4.78, 5) is 12.0. The van der Waals surface area contributed by atoms with Crippen LogP contribution >= 0.6 is 49.6 Å². The molecule has 7 nitrogen and oxygen atoms in total. The van der Waals surface area contributed by atoms with Gasteiger partial charge < -0.3 is 21.3 Å². The highest BCUT2D eigenvalue weighted by molar-refractivity contribution is 5.97. The smallest absolute Gasteiger partial charge is 0.195 e. The molecule has 0 radical (unpaired) electrons. The Balaban J connectivity index is -0.00000133. The molecular weight excluding hydrogens is 648 g/mol. The van der Waals surface area contributed by atoms with Crippen molar-refractivity contribution in [1.82, 2.24) is 15.1 Å². The summed E-state index contributed by atoms with van der Waals surface area (Å²) in [7, 11) is 3.69. The number of terminal acetylenes is 2. The van der Waals surface area contributed by atoms with Gasteiger partial charge in [-0.05, 0) is 72.0 Å². The largest absolute Gasteiger partial charge is 0.370 e. The van der Waals surface area contributed by atoms with Gasteiger partial charge in [-0.1, -0.05) is 0 Å². The third-order valence-electron chi connectivity index (χ3n) is 3.76. The molecule has 0 spiro atoms. The van der Waals surface area contributed by atoms with E-state index < -0.39 is 0 Å². The molecule has 0 saturated carbocycles. The zero-order chi connectivity index (χ0) is 30.2. The van der Waals surface area contributed by atoms with Crippen molar-refractivity contribution in [2.24, 2.45) is 21.5 Å². The zero-order valence-corrected chi connectivity index (χ0v) is 27.7. The van der Waals surface area contributed by atoms with Gasteiger partial charge in [-0.3, -0.25) is 15.3 Å². The summed E-state index contributed by atoms with van der Waals surface area (Å²) in [5.74, 6) is 50.2. The Morgan fingerprint density at radius 3 is 1.07 bits per heavy atom. The highest BCUT2D eigenvalue weighted by Gasteiger charge is 1.97. The SMILES string of the molecule is C#CC#CC#CC#CC#CC#CN(C)CCCN=C(N)NC(N)=NCCCN(C)C#CC#CC#CC#CC#CC#C.Cl.Cl.Cl.Cl. The van der Waals surface area contributed by atoms with Crippen LogP contribution < -0.4 is 16.8 Å². The van der Waals surface area contributed by atoms with Gasteiger partial charge in [-0.2, -0.15) is 0 Å². The Morgan fingerprint density at radius 2 is 0.778 bits per heavy atom. The topological polar surface area (TPSA) is 95.3 Å². The van der Waals surface area contributed by atoms with Crippen LogP contribution in [0.1, 0.15) is 12.8 Å². The maximum absolute atomic E-state index is 5.85. The van der Waals surface area contributed by atoms with Crippen LogP contribution in [0.4, 0.5) is 0 Å². The van der Waals surface area contributed by atoms with Gasteiger partial charge in [0.1, 0.15) is 0 Å². The molecule has 0 atom stereocenters. The summed E-state index contributed by atoms with van der Waals surface area (Å²) in [6.07, 6.45) is 11.4. The van der Waals surface area contributed by atoms with Crippen molar-refractivity contribution in [2.75, 3.05) is 40.3 Å². The van der Waals surface area contributed by atoms with Gasteiger partial charge >= 0.3 is 0 Å². The van der Waals surface area contributed by atoms with Crippen LogP contribution in [0, 0.1) is 143 Å². The number of nitrogens with zero attached hydrogens (tertiary/aromatic N) is 4. The van der Waals surface area contributed by atoms with Gasteiger partial charge in [0.25, 0.3) is 0 Å². The molecule has 0 aromatic heterocycles. The number of nitrogens with two attached hydrogens (primary N) is 2. The number of hydrogen-bond acceptors (Lipinski definition) is 4. The molecule has 0 aromatic carbocycles. The summed E-state index contributed by atoms with van der Waals surface area (Å²) < 4.78 is 0. The molecule has 0 saturated heterocycles. The molecule has 0 aliphatic rings. The second-order valence-electron chi connectivity index (χ2n) is 6.97. The molecular formula is C34H29Cl4N7. The lowest BCUT2D eigenvalue weighted by molar-refractivity contribution is 0.472. The molecule has 0 aliphatic carbocycles. The zero-order valence-electron chi connectivity index (χ0n) is 24.5. The molecule has 228 valence electrons. The van der Waals surface area contributed by atoms with Crippen molar-refractivity contribution in [3.8, 4) is 143 Å². The summed E-state index contributed by atoms with van der Waals surface area (Å²) in [5, 5.41) is 2.76. The lowest BCUT2D eigenvalue weighted by atomic mass is 10.4. The number of aliphatic imine (C=N–C) groups is 2. The minimum Gasteiger partial charge on any atom is -0.370 e. The van der Waals surface area contributed by atoms with Crippen molar-refractivity contribution in [1.29, 1.82) is 0 Å². The minimum atomic E-state index is 0. The van der Waals surface area contributed by atoms with Crippen LogP contribution in [-0.2, 0) is 0 Å². The Labute approximate surface area is 293 Å². The summed E-state index contributed by atoms with van der Waals surface area (Å²) in [6, 6.07) is 5.75. The normalized spacial score (nSPS) is 7.11. The van der Waals surface area contributed by atoms with Gasteiger partial charge in [0.15, 0.2) is 11.9 Å². The maximum atomic E-state index is 5.85. The van der Waals surface area contributed by atoms with E-state index in [9.17, 15) is 0 Å². The predicted octanol–water partition coefficient (Wildman–Crippen LogP) is 0.752. The third kappa shape index (κ3) is 38.2. The number of hydrogen-bond donors (Lipinski definition) is 3. The predicted molar refractivity (Wildman–Crippen MR) is 195 cm³/mol. The van der Waals surface area contributed by atoms with Crippen LogP contribution in [0.25, 0.3) is 0 Å². The van der Waals surface area contributed by atoms with Gasteiger partial charge in [-0.15, -0.1) is 62.5 Å². The second kappa shape index (κ2) is 38.2. The fourth-order valence-corrected chi connectivity index (χ4v) is 2.09. The molecule has 0 aromatic rings. The van der Waals surface area contributed by atoms with Crippen molar-refractivity contribution >= 4 is 61.5 Å². The molecule has 0 bridgehead atoms. The Morgan fingerprint density at radius 1 is 0.511 bits per heavy atom. The lowest BCUT2D eigenvalue weighted by Gasteiger charge is -2.10. The number of rotatable bonds is 8. The Hall–Kier alpha value is -5.78. The van der Waals surface area contributed by atoms with E-state index in [0.29, 0.717) is 26.2 Å². The molecule has 0 aliphatic heterocycles. The molecule has 0 amide bonds. The molecule has 0 unspecified atom stereocenters. The van der Waals surface area contributed by atoms with Gasteiger partial charge in [0, 0.05) is 112 Å². The van der Waals surface area contributed by atoms with E-state index in [-0.39, 0.29) is 61.5 Å². The van der Waals surface area contributed by atoms with Crippen molar-refractivity contribution in [2.45, 2.75) is 12.8 Å². The van der Waals surface area contributed by atoms with Crippen LogP contribution in [-0.4, -0.2) is 62.0 Å². The summed E-state index contributed by atoms with van der Waals surface area (Å²) in [6.45, 7) is 2.33. The van der Waals surface area contributed by atoms with Crippen LogP contribution in [0.15, 0.2) is 9.98 Å². The van der Waals surface area contributed by atoms with Crippen LogP contribution in [0.2, 0.25) is 0 Å². The average Bonchev–Trinajstić information content (AvgIpc) is 2.95. The van der Waals surface area contributed by atoms with E-state index in [2.05, 4.69) is 146 Å². The van der Waals surface area contributed by atoms with E-state index in [1.54, 1.807) is 9.80 Å². The van der Waals surface area contributed by atoms with E-state index in [1.165, 1.54) is 0 Å². The number of halogens is 4. The fraction of sp³-hybridized carbons (Fsp3) is 0.235. The number of nitrogens with one attached hydrogen (secondary N) is 1. The monoisotopic (exact) mass is 675 g/mol. The second-order valence-corrected chi connectivity index (χ2v) is 6.97. The quantitative estimate of drug-likeness (QED) is 0.116. The maximum Gasteiger partial charge on any atom is 0.195 e. The summed E-state index contributed by atoms with van der Waals surface area (Å²) >= 11 is 0. The first kappa shape index (κ1) is 48.9. The van der Waals surface area contributed by atoms with E-state index >= 15 is 0 Å². The van der Waals surface area contributed by atoms with E-state index in [4.69, 9.17) is 24.3 Å². The first-order chi connectivity index (χ1) is 20.0. The molecule has 0 rings (SSSR count). The van der Waals surface area contributed by atoms with Crippen LogP contribution in [0.3, 0.4) is 0 Å². The third-order valence-corrected chi connectivity index (χ3v) is 3.76. The standard InChI is InChI=1S/C34H25N7.4ClH/c1-5-7-9-11-13-15-17-19-21-23-29-40(3)31-25-27-37-33(35)39-34(36)38-28-26-32-41(4)30-24-22-20-18-16-14-12-10-8-6-2;;;;/h1-2H,25-28,31-32H2,3-4H3,(H5,35,36,37,38,39);4*1H. The number of guanidine groups is 2. The van der Waals surface area contributed by atoms with Gasteiger partial charge in [-0.25, -0.2) is 0 Å². The van der Waals surface area contributed by atoms with E-state index in [1.807, 2.05) is 14.1 Å².